The molecule has 0 saturated heterocycles. The third-order valence-corrected chi connectivity index (χ3v) is 1.88. The molecule has 6 heteroatoms. The second kappa shape index (κ2) is 2.70. The summed E-state index contributed by atoms with van der Waals surface area (Å²) in [6.07, 6.45) is -0.530. The van der Waals surface area contributed by atoms with Gasteiger partial charge in [-0.1, -0.05) is 0 Å². The predicted molar refractivity (Wildman–Crippen MR) is 42.7 cm³/mol. The fourth-order valence-electron chi connectivity index (χ4n) is 1.28. The van der Waals surface area contributed by atoms with Crippen molar-refractivity contribution in [3.8, 4) is 0 Å². The maximum Gasteiger partial charge on any atom is 0.450 e. The zero-order valence-corrected chi connectivity index (χ0v) is 7.21. The second-order valence-electron chi connectivity index (χ2n) is 2.85. The Balaban J connectivity index is 2.80. The average Bonchev–Trinajstić information content (AvgIpc) is 2.44. The summed E-state index contributed by atoms with van der Waals surface area (Å²) in [5.74, 6) is -0.910. The fourth-order valence-corrected chi connectivity index (χ4v) is 1.28. The maximum atomic E-state index is 12.4. The van der Waals surface area contributed by atoms with E-state index in [4.69, 9.17) is 0 Å². The summed E-state index contributed by atoms with van der Waals surface area (Å²) in [5.41, 5.74) is 0.699. The van der Waals surface area contributed by atoms with Crippen molar-refractivity contribution in [3.05, 3.63) is 30.1 Å². The van der Waals surface area contributed by atoms with E-state index in [0.29, 0.717) is 11.2 Å². The summed E-state index contributed by atoms with van der Waals surface area (Å²) in [4.78, 5) is 7.20. The highest BCUT2D eigenvalue weighted by molar-refractivity contribution is 5.50. The van der Waals surface area contributed by atoms with E-state index in [-0.39, 0.29) is 0 Å². The van der Waals surface area contributed by atoms with Crippen LogP contribution in [-0.2, 0) is 6.18 Å². The Labute approximate surface area is 77.2 Å². The molecule has 14 heavy (non-hydrogen) atoms. The van der Waals surface area contributed by atoms with Gasteiger partial charge >= 0.3 is 6.18 Å². The third kappa shape index (κ3) is 1.23. The summed E-state index contributed by atoms with van der Waals surface area (Å²) >= 11 is 0. The van der Waals surface area contributed by atoms with Gasteiger partial charge in [0.15, 0.2) is 0 Å². The van der Waals surface area contributed by atoms with Crippen LogP contribution in [0.3, 0.4) is 0 Å². The summed E-state index contributed by atoms with van der Waals surface area (Å²) in [6, 6.07) is 0. The van der Waals surface area contributed by atoms with Crippen molar-refractivity contribution in [1.82, 2.24) is 14.4 Å². The van der Waals surface area contributed by atoms with Crippen molar-refractivity contribution < 1.29 is 13.2 Å². The molecule has 74 valence electrons. The van der Waals surface area contributed by atoms with Gasteiger partial charge in [-0.3, -0.25) is 9.38 Å². The molecule has 0 N–H and O–H groups in total. The monoisotopic (exact) mass is 201 g/mol. The Kier molecular flexibility index (Phi) is 1.73. The number of alkyl halides is 3. The molecule has 0 unspecified atom stereocenters. The summed E-state index contributed by atoms with van der Waals surface area (Å²) < 4.78 is 38.3. The minimum absolute atomic E-state index is 0.324. The fraction of sp³-hybridized carbons (Fsp3) is 0.250. The molecule has 3 nitrogen and oxygen atoms in total. The summed E-state index contributed by atoms with van der Waals surface area (Å²) in [6.45, 7) is 1.52. The summed E-state index contributed by atoms with van der Waals surface area (Å²) in [5, 5.41) is 0. The van der Waals surface area contributed by atoms with Crippen LogP contribution in [0.5, 0.6) is 0 Å². The molecule has 2 heterocycles. The van der Waals surface area contributed by atoms with Crippen LogP contribution in [-0.4, -0.2) is 14.4 Å². The molecule has 2 aromatic heterocycles. The number of aromatic nitrogens is 3. The van der Waals surface area contributed by atoms with E-state index in [1.807, 2.05) is 0 Å². The van der Waals surface area contributed by atoms with Gasteiger partial charge in [0.2, 0.25) is 5.82 Å². The van der Waals surface area contributed by atoms with Gasteiger partial charge in [-0.2, -0.15) is 13.2 Å². The molecule has 0 amide bonds. The minimum Gasteiger partial charge on any atom is -0.293 e. The van der Waals surface area contributed by atoms with Gasteiger partial charge in [-0.05, 0) is 6.92 Å². The molecular weight excluding hydrogens is 195 g/mol. The van der Waals surface area contributed by atoms with Gasteiger partial charge in [0.05, 0.1) is 17.4 Å². The van der Waals surface area contributed by atoms with Crippen molar-refractivity contribution in [2.45, 2.75) is 13.1 Å². The highest BCUT2D eigenvalue weighted by Gasteiger charge is 2.36. The highest BCUT2D eigenvalue weighted by Crippen LogP contribution is 2.29. The quantitative estimate of drug-likeness (QED) is 0.653. The van der Waals surface area contributed by atoms with Crippen molar-refractivity contribution in [2.24, 2.45) is 0 Å². The third-order valence-electron chi connectivity index (χ3n) is 1.88. The van der Waals surface area contributed by atoms with E-state index in [1.54, 1.807) is 0 Å². The van der Waals surface area contributed by atoms with Gasteiger partial charge in [0, 0.05) is 12.4 Å². The molecule has 0 saturated carbocycles. The van der Waals surface area contributed by atoms with E-state index in [2.05, 4.69) is 9.97 Å². The molecule has 2 aromatic rings. The lowest BCUT2D eigenvalue weighted by Crippen LogP contribution is -2.10. The van der Waals surface area contributed by atoms with Gasteiger partial charge in [0.25, 0.3) is 0 Å². The standard InChI is InChI=1S/C8H6F3N3/c1-5-6-4-12-2-3-14(6)7(13-5)8(9,10)11/h2-4H,1H3. The molecule has 0 atom stereocenters. The molecule has 0 aromatic carbocycles. The second-order valence-corrected chi connectivity index (χ2v) is 2.85. The molecule has 0 spiro atoms. The van der Waals surface area contributed by atoms with Crippen LogP contribution in [0.15, 0.2) is 18.6 Å². The number of fused-ring (bicyclic) bond motifs is 1. The number of halogens is 3. The average molecular weight is 201 g/mol. The normalized spacial score (nSPS) is 12.3. The van der Waals surface area contributed by atoms with E-state index in [9.17, 15) is 13.2 Å². The van der Waals surface area contributed by atoms with Gasteiger partial charge < -0.3 is 0 Å². The molecule has 0 fully saturated rings. The van der Waals surface area contributed by atoms with Crippen LogP contribution in [0.25, 0.3) is 5.52 Å². The van der Waals surface area contributed by atoms with E-state index >= 15 is 0 Å². The number of imidazole rings is 1. The first-order chi connectivity index (χ1) is 6.50. The maximum absolute atomic E-state index is 12.4. The zero-order chi connectivity index (χ0) is 10.3. The van der Waals surface area contributed by atoms with Crippen LogP contribution < -0.4 is 0 Å². The SMILES string of the molecule is Cc1nc(C(F)(F)F)n2ccncc12. The molecule has 0 aliphatic rings. The van der Waals surface area contributed by atoms with E-state index in [0.717, 1.165) is 4.40 Å². The Morgan fingerprint density at radius 1 is 1.36 bits per heavy atom. The molecule has 2 rings (SSSR count). The van der Waals surface area contributed by atoms with Crippen LogP contribution in [0.4, 0.5) is 13.2 Å². The van der Waals surface area contributed by atoms with Crippen molar-refractivity contribution in [2.75, 3.05) is 0 Å². The lowest BCUT2D eigenvalue weighted by Gasteiger charge is -2.03. The zero-order valence-electron chi connectivity index (χ0n) is 7.21. The van der Waals surface area contributed by atoms with Crippen LogP contribution in [0.2, 0.25) is 0 Å². The van der Waals surface area contributed by atoms with Crippen molar-refractivity contribution >= 4 is 5.52 Å². The Morgan fingerprint density at radius 2 is 2.07 bits per heavy atom. The van der Waals surface area contributed by atoms with Gasteiger partial charge in [-0.25, -0.2) is 4.98 Å². The van der Waals surface area contributed by atoms with Crippen molar-refractivity contribution in [3.63, 3.8) is 0 Å². The molecule has 0 aliphatic heterocycles. The molecule has 0 radical (unpaired) electrons. The predicted octanol–water partition coefficient (Wildman–Crippen LogP) is 2.06. The topological polar surface area (TPSA) is 30.2 Å². The van der Waals surface area contributed by atoms with Crippen LogP contribution in [0, 0.1) is 6.92 Å². The largest absolute Gasteiger partial charge is 0.450 e. The van der Waals surface area contributed by atoms with Gasteiger partial charge in [-0.15, -0.1) is 0 Å². The summed E-state index contributed by atoms with van der Waals surface area (Å²) in [7, 11) is 0. The minimum atomic E-state index is -4.43. The smallest absolute Gasteiger partial charge is 0.293 e. The molecule has 0 bridgehead atoms. The lowest BCUT2D eigenvalue weighted by molar-refractivity contribution is -0.145. The Morgan fingerprint density at radius 3 is 2.71 bits per heavy atom. The van der Waals surface area contributed by atoms with E-state index < -0.39 is 12.0 Å². The van der Waals surface area contributed by atoms with Crippen molar-refractivity contribution in [1.29, 1.82) is 0 Å². The number of rotatable bonds is 0. The molecule has 0 aliphatic carbocycles. The molecular formula is C8H6F3N3. The lowest BCUT2D eigenvalue weighted by atomic mass is 10.4. The number of nitrogens with zero attached hydrogens (tertiary/aromatic N) is 3. The van der Waals surface area contributed by atoms with Gasteiger partial charge in [0.1, 0.15) is 0 Å². The Bertz CT molecular complexity index is 472. The number of hydrogen-bond acceptors (Lipinski definition) is 2. The number of aryl methyl sites for hydroxylation is 1. The first-order valence-electron chi connectivity index (χ1n) is 3.86. The first-order valence-corrected chi connectivity index (χ1v) is 3.86. The van der Waals surface area contributed by atoms with E-state index in [1.165, 1.54) is 25.5 Å². The van der Waals surface area contributed by atoms with Crippen LogP contribution in [0.1, 0.15) is 11.5 Å². The Hall–Kier alpha value is -1.59. The van der Waals surface area contributed by atoms with Crippen LogP contribution >= 0.6 is 0 Å². The first kappa shape index (κ1) is 8.98. The highest BCUT2D eigenvalue weighted by atomic mass is 19.4. The number of hydrogen-bond donors (Lipinski definition) is 0.